The van der Waals surface area contributed by atoms with Crippen LogP contribution in [0.2, 0.25) is 0 Å². The van der Waals surface area contributed by atoms with E-state index in [1.807, 2.05) is 12.1 Å². The molecule has 0 aliphatic carbocycles. The number of benzene rings is 2. The van der Waals surface area contributed by atoms with E-state index in [1.165, 1.54) is 33.4 Å². The molecule has 3 rings (SSSR count). The van der Waals surface area contributed by atoms with E-state index < -0.39 is 12.0 Å². The Morgan fingerprint density at radius 3 is 2.40 bits per heavy atom. The minimum Gasteiger partial charge on any atom is -0.480 e. The Hall–Kier alpha value is -2.13. The average Bonchev–Trinajstić information content (AvgIpc) is 2.88. The molecular weight excluding hydrogens is 310 g/mol. The summed E-state index contributed by atoms with van der Waals surface area (Å²) in [6, 6.07) is 9.91. The van der Waals surface area contributed by atoms with E-state index in [4.69, 9.17) is 0 Å². The molecule has 0 saturated carbocycles. The first-order chi connectivity index (χ1) is 11.8. The van der Waals surface area contributed by atoms with Crippen molar-refractivity contribution in [3.05, 3.63) is 69.3 Å². The number of carbonyl (C=O) groups is 1. The highest BCUT2D eigenvalue weighted by Crippen LogP contribution is 2.39. The smallest absolute Gasteiger partial charge is 0.325 e. The number of nitrogens with zero attached hydrogens (tertiary/aromatic N) is 1. The lowest BCUT2D eigenvalue weighted by Gasteiger charge is -2.24. The molecule has 1 N–H and O–H groups in total. The van der Waals surface area contributed by atoms with E-state index >= 15 is 0 Å². The number of carboxylic acids is 1. The fourth-order valence-electron chi connectivity index (χ4n) is 4.19. The zero-order valence-corrected chi connectivity index (χ0v) is 15.8. The van der Waals surface area contributed by atoms with Gasteiger partial charge < -0.3 is 5.11 Å². The van der Waals surface area contributed by atoms with Gasteiger partial charge in [-0.1, -0.05) is 49.7 Å². The van der Waals surface area contributed by atoms with Crippen LogP contribution in [-0.2, 0) is 17.9 Å². The average molecular weight is 337 g/mol. The van der Waals surface area contributed by atoms with Crippen LogP contribution < -0.4 is 0 Å². The Kier molecular flexibility index (Phi) is 4.70. The summed E-state index contributed by atoms with van der Waals surface area (Å²) in [6.45, 7) is 12.0. The van der Waals surface area contributed by atoms with Crippen LogP contribution in [0.5, 0.6) is 0 Å². The summed E-state index contributed by atoms with van der Waals surface area (Å²) >= 11 is 0. The molecule has 0 fully saturated rings. The summed E-state index contributed by atoms with van der Waals surface area (Å²) in [5.41, 5.74) is 8.40. The van der Waals surface area contributed by atoms with Gasteiger partial charge in [-0.15, -0.1) is 0 Å². The molecule has 0 radical (unpaired) electrons. The van der Waals surface area contributed by atoms with Crippen molar-refractivity contribution in [1.82, 2.24) is 4.90 Å². The van der Waals surface area contributed by atoms with Crippen LogP contribution >= 0.6 is 0 Å². The number of fused-ring (bicyclic) bond motifs is 1. The summed E-state index contributed by atoms with van der Waals surface area (Å²) in [6.07, 6.45) is 0. The van der Waals surface area contributed by atoms with Crippen LogP contribution in [0.25, 0.3) is 0 Å². The van der Waals surface area contributed by atoms with Crippen molar-refractivity contribution in [1.29, 1.82) is 0 Å². The summed E-state index contributed by atoms with van der Waals surface area (Å²) in [5.74, 6) is -0.366. The maximum absolute atomic E-state index is 12.0. The number of hydrogen-bond donors (Lipinski definition) is 1. The van der Waals surface area contributed by atoms with Crippen LogP contribution in [0.3, 0.4) is 0 Å². The predicted molar refractivity (Wildman–Crippen MR) is 101 cm³/mol. The zero-order valence-electron chi connectivity index (χ0n) is 15.8. The normalized spacial score (nSPS) is 17.1. The highest BCUT2D eigenvalue weighted by molar-refractivity contribution is 5.77. The molecule has 0 aromatic heterocycles. The van der Waals surface area contributed by atoms with Crippen molar-refractivity contribution in [3.63, 3.8) is 0 Å². The van der Waals surface area contributed by atoms with Crippen molar-refractivity contribution in [2.45, 2.75) is 59.7 Å². The van der Waals surface area contributed by atoms with Crippen LogP contribution in [-0.4, -0.2) is 16.0 Å². The van der Waals surface area contributed by atoms with Gasteiger partial charge in [0, 0.05) is 13.1 Å². The van der Waals surface area contributed by atoms with Gasteiger partial charge in [0.15, 0.2) is 0 Å². The Morgan fingerprint density at radius 2 is 1.84 bits per heavy atom. The molecule has 0 bridgehead atoms. The molecule has 0 spiro atoms. The number of hydrogen-bond acceptors (Lipinski definition) is 2. The van der Waals surface area contributed by atoms with Gasteiger partial charge in [-0.25, -0.2) is 0 Å². The topological polar surface area (TPSA) is 40.5 Å². The molecule has 132 valence electrons. The summed E-state index contributed by atoms with van der Waals surface area (Å²) in [4.78, 5) is 14.1. The zero-order chi connectivity index (χ0) is 18.3. The third-order valence-corrected chi connectivity index (χ3v) is 5.33. The fraction of sp³-hybridized carbons (Fsp3) is 0.409. The summed E-state index contributed by atoms with van der Waals surface area (Å²) in [7, 11) is 0. The summed E-state index contributed by atoms with van der Waals surface area (Å²) < 4.78 is 0. The highest BCUT2D eigenvalue weighted by atomic mass is 16.4. The number of rotatable bonds is 4. The van der Waals surface area contributed by atoms with Gasteiger partial charge in [0.25, 0.3) is 0 Å². The third-order valence-electron chi connectivity index (χ3n) is 5.33. The van der Waals surface area contributed by atoms with E-state index in [0.29, 0.717) is 19.0 Å². The van der Waals surface area contributed by atoms with Crippen LogP contribution in [0.15, 0.2) is 30.3 Å². The number of carboxylic acid groups (broad SMARTS) is 1. The molecule has 1 aliphatic heterocycles. The van der Waals surface area contributed by atoms with Gasteiger partial charge in [0.2, 0.25) is 0 Å². The van der Waals surface area contributed by atoms with Gasteiger partial charge in [0.1, 0.15) is 6.04 Å². The molecule has 2 aromatic carbocycles. The number of aliphatic carboxylic acids is 1. The lowest BCUT2D eigenvalue weighted by Crippen LogP contribution is -2.28. The molecule has 3 heteroatoms. The molecule has 0 amide bonds. The second kappa shape index (κ2) is 6.64. The van der Waals surface area contributed by atoms with E-state index in [2.05, 4.69) is 57.7 Å². The predicted octanol–water partition coefficient (Wildman–Crippen LogP) is 4.88. The molecule has 3 nitrogen and oxygen atoms in total. The van der Waals surface area contributed by atoms with Crippen molar-refractivity contribution in [2.24, 2.45) is 0 Å². The molecule has 1 aliphatic rings. The largest absolute Gasteiger partial charge is 0.480 e. The Bertz CT molecular complexity index is 800. The lowest BCUT2D eigenvalue weighted by molar-refractivity contribution is -0.143. The van der Waals surface area contributed by atoms with E-state index in [-0.39, 0.29) is 0 Å². The Balaban J connectivity index is 2.01. The first-order valence-corrected chi connectivity index (χ1v) is 8.94. The van der Waals surface area contributed by atoms with Gasteiger partial charge in [0.05, 0.1) is 0 Å². The first-order valence-electron chi connectivity index (χ1n) is 8.94. The molecule has 25 heavy (non-hydrogen) atoms. The molecular formula is C22H27NO2. The standard InChI is InChI=1S/C22H27NO2/c1-13(2)17-7-6-8-18-20(17)12-23(21(18)22(24)25)11-19-15(4)9-14(3)10-16(19)5/h6-10,13,21H,11-12H2,1-5H3,(H,24,25). The van der Waals surface area contributed by atoms with Crippen LogP contribution in [0.1, 0.15) is 64.8 Å². The van der Waals surface area contributed by atoms with Gasteiger partial charge in [-0.05, 0) is 60.1 Å². The van der Waals surface area contributed by atoms with Gasteiger partial charge in [-0.3, -0.25) is 9.69 Å². The van der Waals surface area contributed by atoms with Gasteiger partial charge in [-0.2, -0.15) is 0 Å². The monoisotopic (exact) mass is 337 g/mol. The van der Waals surface area contributed by atoms with Gasteiger partial charge >= 0.3 is 5.97 Å². The van der Waals surface area contributed by atoms with E-state index in [9.17, 15) is 9.90 Å². The second-order valence-electron chi connectivity index (χ2n) is 7.59. The minimum absolute atomic E-state index is 0.396. The summed E-state index contributed by atoms with van der Waals surface area (Å²) in [5, 5.41) is 9.88. The quantitative estimate of drug-likeness (QED) is 0.864. The van der Waals surface area contributed by atoms with Crippen LogP contribution in [0, 0.1) is 20.8 Å². The molecule has 1 atom stereocenters. The van der Waals surface area contributed by atoms with E-state index in [1.54, 1.807) is 0 Å². The highest BCUT2D eigenvalue weighted by Gasteiger charge is 2.37. The van der Waals surface area contributed by atoms with E-state index in [0.717, 1.165) is 5.56 Å². The molecule has 2 aromatic rings. The van der Waals surface area contributed by atoms with Crippen LogP contribution in [0.4, 0.5) is 0 Å². The number of aryl methyl sites for hydroxylation is 3. The van der Waals surface area contributed by atoms with Crippen molar-refractivity contribution in [2.75, 3.05) is 0 Å². The second-order valence-corrected chi connectivity index (χ2v) is 7.59. The third kappa shape index (κ3) is 3.21. The van der Waals surface area contributed by atoms with Crippen molar-refractivity contribution >= 4 is 5.97 Å². The molecule has 1 unspecified atom stereocenters. The maximum Gasteiger partial charge on any atom is 0.325 e. The minimum atomic E-state index is -0.762. The Morgan fingerprint density at radius 1 is 1.20 bits per heavy atom. The SMILES string of the molecule is Cc1cc(C)c(CN2Cc3c(C(C)C)cccc3C2C(=O)O)c(C)c1. The lowest BCUT2D eigenvalue weighted by atomic mass is 9.93. The molecule has 1 heterocycles. The fourth-order valence-corrected chi connectivity index (χ4v) is 4.19. The van der Waals surface area contributed by atoms with Crippen molar-refractivity contribution in [3.8, 4) is 0 Å². The maximum atomic E-state index is 12.0. The Labute approximate surface area is 150 Å². The molecule has 0 saturated heterocycles. The first kappa shape index (κ1) is 17.7. The van der Waals surface area contributed by atoms with Crippen molar-refractivity contribution < 1.29 is 9.90 Å².